The molecule has 2 aromatic heterocycles. The van der Waals surface area contributed by atoms with Crippen molar-refractivity contribution in [2.24, 2.45) is 5.92 Å². The average molecular weight is 363 g/mol. The molecule has 8 nitrogen and oxygen atoms in total. The molecule has 0 saturated heterocycles. The molecule has 2 N–H and O–H groups in total. The highest BCUT2D eigenvalue weighted by Crippen LogP contribution is 2.32. The van der Waals surface area contributed by atoms with Gasteiger partial charge in [-0.1, -0.05) is 11.3 Å². The van der Waals surface area contributed by atoms with Crippen LogP contribution in [0.5, 0.6) is 6.01 Å². The topological polar surface area (TPSA) is 98.3 Å². The molecule has 0 atom stereocenters. The quantitative estimate of drug-likeness (QED) is 0.699. The molecule has 1 aliphatic rings. The normalized spacial score (nSPS) is 13.5. The number of carbonyl (C=O) groups is 1. The number of nitrogens with zero attached hydrogens (tertiary/aromatic N) is 3. The summed E-state index contributed by atoms with van der Waals surface area (Å²) in [4.78, 5) is 25.4. The number of hydrogen-bond acceptors (Lipinski definition) is 7. The third-order valence-electron chi connectivity index (χ3n) is 3.67. The van der Waals surface area contributed by atoms with E-state index in [1.54, 1.807) is 12.4 Å². The van der Waals surface area contributed by atoms with E-state index in [4.69, 9.17) is 9.47 Å². The number of thiazole rings is 1. The highest BCUT2D eigenvalue weighted by molar-refractivity contribution is 7.19. The van der Waals surface area contributed by atoms with Crippen molar-refractivity contribution in [3.8, 4) is 16.5 Å². The van der Waals surface area contributed by atoms with Crippen LogP contribution in [0.1, 0.15) is 18.5 Å². The monoisotopic (exact) mass is 363 g/mol. The fraction of sp³-hybridized carbons (Fsp3) is 0.500. The van der Waals surface area contributed by atoms with Gasteiger partial charge in [0, 0.05) is 31.1 Å². The molecule has 1 saturated carbocycles. The maximum absolute atomic E-state index is 11.9. The van der Waals surface area contributed by atoms with E-state index in [2.05, 4.69) is 25.6 Å². The molecule has 0 radical (unpaired) electrons. The van der Waals surface area contributed by atoms with Gasteiger partial charge in [-0.2, -0.15) is 0 Å². The molecule has 0 unspecified atom stereocenters. The predicted octanol–water partition coefficient (Wildman–Crippen LogP) is 2.47. The summed E-state index contributed by atoms with van der Waals surface area (Å²) in [6, 6.07) is 0.0221. The van der Waals surface area contributed by atoms with Crippen LogP contribution in [0, 0.1) is 12.8 Å². The number of methoxy groups -OCH3 is 1. The molecule has 2 aromatic rings. The van der Waals surface area contributed by atoms with Crippen molar-refractivity contribution in [3.05, 3.63) is 18.1 Å². The summed E-state index contributed by atoms with van der Waals surface area (Å²) in [5, 5.41) is 6.03. The number of rotatable bonds is 8. The van der Waals surface area contributed by atoms with Crippen molar-refractivity contribution in [2.45, 2.75) is 19.8 Å². The Labute approximate surface area is 150 Å². The molecule has 2 heterocycles. The molecule has 2 amide bonds. The summed E-state index contributed by atoms with van der Waals surface area (Å²) < 4.78 is 10.4. The van der Waals surface area contributed by atoms with E-state index < -0.39 is 0 Å². The van der Waals surface area contributed by atoms with E-state index in [0.29, 0.717) is 24.3 Å². The van der Waals surface area contributed by atoms with E-state index in [9.17, 15) is 4.79 Å². The number of hydrogen-bond donors (Lipinski definition) is 2. The van der Waals surface area contributed by atoms with E-state index in [-0.39, 0.29) is 6.03 Å². The summed E-state index contributed by atoms with van der Waals surface area (Å²) in [7, 11) is 1.52. The Kier molecular flexibility index (Phi) is 5.77. The van der Waals surface area contributed by atoms with Gasteiger partial charge in [0.1, 0.15) is 0 Å². The number of ether oxygens (including phenoxy) is 2. The van der Waals surface area contributed by atoms with Crippen molar-refractivity contribution in [3.63, 3.8) is 0 Å². The molecule has 0 bridgehead atoms. The Hall–Kier alpha value is -2.26. The minimum Gasteiger partial charge on any atom is -0.467 e. The molecular weight excluding hydrogens is 342 g/mol. The lowest BCUT2D eigenvalue weighted by Gasteiger charge is -2.06. The molecule has 0 aliphatic heterocycles. The smallest absolute Gasteiger partial charge is 0.321 e. The van der Waals surface area contributed by atoms with Crippen LogP contribution in [-0.2, 0) is 4.74 Å². The van der Waals surface area contributed by atoms with Gasteiger partial charge in [0.2, 0.25) is 0 Å². The Bertz CT molecular complexity index is 715. The van der Waals surface area contributed by atoms with Crippen LogP contribution < -0.4 is 15.4 Å². The summed E-state index contributed by atoms with van der Waals surface area (Å²) >= 11 is 1.38. The van der Waals surface area contributed by atoms with Crippen LogP contribution in [0.3, 0.4) is 0 Å². The lowest BCUT2D eigenvalue weighted by Crippen LogP contribution is -2.31. The standard InChI is InChI=1S/C16H21N5O3S/c1-10-13(12-7-18-15(23-2)19-8-12)25-16(20-10)21-14(22)17-5-6-24-9-11-3-4-11/h7-8,11H,3-6,9H2,1-2H3,(H2,17,20,21,22). The molecule has 134 valence electrons. The summed E-state index contributed by atoms with van der Waals surface area (Å²) in [5.41, 5.74) is 1.64. The lowest BCUT2D eigenvalue weighted by molar-refractivity contribution is 0.127. The minimum atomic E-state index is -0.290. The van der Waals surface area contributed by atoms with Crippen molar-refractivity contribution in [2.75, 3.05) is 32.2 Å². The molecule has 1 aliphatic carbocycles. The first kappa shape index (κ1) is 17.6. The summed E-state index contributed by atoms with van der Waals surface area (Å²) in [6.07, 6.45) is 5.87. The largest absolute Gasteiger partial charge is 0.467 e. The molecule has 0 aromatic carbocycles. The molecule has 9 heteroatoms. The number of carbonyl (C=O) groups excluding carboxylic acids is 1. The van der Waals surface area contributed by atoms with Crippen molar-refractivity contribution in [1.29, 1.82) is 0 Å². The Balaban J connectivity index is 1.49. The lowest BCUT2D eigenvalue weighted by atomic mass is 10.2. The van der Waals surface area contributed by atoms with E-state index >= 15 is 0 Å². The van der Waals surface area contributed by atoms with Gasteiger partial charge < -0.3 is 14.8 Å². The first-order valence-corrected chi connectivity index (χ1v) is 8.94. The predicted molar refractivity (Wildman–Crippen MR) is 95.0 cm³/mol. The highest BCUT2D eigenvalue weighted by Gasteiger charge is 2.20. The van der Waals surface area contributed by atoms with Crippen molar-refractivity contribution in [1.82, 2.24) is 20.3 Å². The van der Waals surface area contributed by atoms with Crippen LogP contribution in [0.25, 0.3) is 10.4 Å². The zero-order chi connectivity index (χ0) is 17.6. The van der Waals surface area contributed by atoms with Crippen LogP contribution in [0.15, 0.2) is 12.4 Å². The number of anilines is 1. The average Bonchev–Trinajstić information content (AvgIpc) is 3.37. The first-order chi connectivity index (χ1) is 12.2. The van der Waals surface area contributed by atoms with Crippen molar-refractivity contribution < 1.29 is 14.3 Å². The summed E-state index contributed by atoms with van der Waals surface area (Å²) in [5.74, 6) is 0.729. The molecule has 3 rings (SSSR count). The van der Waals surface area contributed by atoms with Crippen LogP contribution >= 0.6 is 11.3 Å². The second-order valence-electron chi connectivity index (χ2n) is 5.79. The third kappa shape index (κ3) is 5.10. The van der Waals surface area contributed by atoms with E-state index in [0.717, 1.165) is 28.7 Å². The van der Waals surface area contributed by atoms with Gasteiger partial charge in [-0.25, -0.2) is 19.7 Å². The second kappa shape index (κ2) is 8.21. The van der Waals surface area contributed by atoms with Gasteiger partial charge >= 0.3 is 12.0 Å². The molecule has 1 fully saturated rings. The Morgan fingerprint density at radius 1 is 1.36 bits per heavy atom. The van der Waals surface area contributed by atoms with Gasteiger partial charge in [-0.15, -0.1) is 0 Å². The molecule has 25 heavy (non-hydrogen) atoms. The number of amides is 2. The van der Waals surface area contributed by atoms with E-state index in [1.807, 2.05) is 6.92 Å². The van der Waals surface area contributed by atoms with Gasteiger partial charge in [-0.05, 0) is 25.7 Å². The zero-order valence-electron chi connectivity index (χ0n) is 14.2. The first-order valence-electron chi connectivity index (χ1n) is 8.12. The van der Waals surface area contributed by atoms with Gasteiger partial charge in [0.05, 0.1) is 24.3 Å². The number of aromatic nitrogens is 3. The third-order valence-corrected chi connectivity index (χ3v) is 4.79. The highest BCUT2D eigenvalue weighted by atomic mass is 32.1. The Morgan fingerprint density at radius 3 is 2.80 bits per heavy atom. The molecular formula is C16H21N5O3S. The zero-order valence-corrected chi connectivity index (χ0v) is 15.1. The van der Waals surface area contributed by atoms with Gasteiger partial charge in [0.15, 0.2) is 5.13 Å². The fourth-order valence-electron chi connectivity index (χ4n) is 2.17. The van der Waals surface area contributed by atoms with Crippen LogP contribution in [-0.4, -0.2) is 47.9 Å². The number of nitrogens with one attached hydrogen (secondary N) is 2. The van der Waals surface area contributed by atoms with Crippen LogP contribution in [0.4, 0.5) is 9.93 Å². The number of urea groups is 1. The summed E-state index contributed by atoms with van der Waals surface area (Å²) in [6.45, 7) is 3.67. The fourth-order valence-corrected chi connectivity index (χ4v) is 3.11. The maximum Gasteiger partial charge on any atom is 0.321 e. The van der Waals surface area contributed by atoms with Gasteiger partial charge in [0.25, 0.3) is 0 Å². The maximum atomic E-state index is 11.9. The number of aryl methyl sites for hydroxylation is 1. The SMILES string of the molecule is COc1ncc(-c2sc(NC(=O)NCCOCC3CC3)nc2C)cn1. The minimum absolute atomic E-state index is 0.290. The molecule has 0 spiro atoms. The van der Waals surface area contributed by atoms with Crippen LogP contribution in [0.2, 0.25) is 0 Å². The van der Waals surface area contributed by atoms with E-state index in [1.165, 1.54) is 31.3 Å². The second-order valence-corrected chi connectivity index (χ2v) is 6.79. The van der Waals surface area contributed by atoms with Crippen molar-refractivity contribution >= 4 is 22.5 Å². The van der Waals surface area contributed by atoms with Gasteiger partial charge in [-0.3, -0.25) is 5.32 Å². The Morgan fingerprint density at radius 2 is 2.12 bits per heavy atom.